The van der Waals surface area contributed by atoms with Gasteiger partial charge in [-0.05, 0) is 54.3 Å². The second kappa shape index (κ2) is 14.7. The fraction of sp³-hybridized carbons (Fsp3) is 0.300. The summed E-state index contributed by atoms with van der Waals surface area (Å²) in [6.45, 7) is 4.79. The van der Waals surface area contributed by atoms with Gasteiger partial charge in [0.05, 0.1) is 30.0 Å². The van der Waals surface area contributed by atoms with Crippen LogP contribution in [0.4, 0.5) is 0 Å². The molecule has 1 aromatic heterocycles. The van der Waals surface area contributed by atoms with Crippen LogP contribution >= 0.6 is 23.2 Å². The predicted octanol–water partition coefficient (Wildman–Crippen LogP) is 5.50. The van der Waals surface area contributed by atoms with Crippen molar-refractivity contribution in [1.82, 2.24) is 15.2 Å². The molecule has 0 bridgehead atoms. The summed E-state index contributed by atoms with van der Waals surface area (Å²) < 4.78 is 11.3. The van der Waals surface area contributed by atoms with Crippen molar-refractivity contribution in [3.63, 3.8) is 0 Å². The lowest BCUT2D eigenvalue weighted by atomic mass is 9.98. The highest BCUT2D eigenvalue weighted by atomic mass is 35.5. The molecule has 1 aliphatic heterocycles. The number of nitriles is 1. The van der Waals surface area contributed by atoms with Gasteiger partial charge in [0.25, 0.3) is 5.91 Å². The van der Waals surface area contributed by atoms with Gasteiger partial charge in [0, 0.05) is 19.6 Å². The van der Waals surface area contributed by atoms with E-state index in [4.69, 9.17) is 32.7 Å². The summed E-state index contributed by atoms with van der Waals surface area (Å²) in [6.07, 6.45) is 2.74. The number of carbonyl (C=O) groups excluding carboxylic acids is 1. The van der Waals surface area contributed by atoms with Crippen molar-refractivity contribution in [2.45, 2.75) is 18.9 Å². The minimum Gasteiger partial charge on any atom is -0.492 e. The molecule has 202 valence electrons. The highest BCUT2D eigenvalue weighted by Gasteiger charge is 2.19. The summed E-state index contributed by atoms with van der Waals surface area (Å²) in [6, 6.07) is 22.5. The molecule has 0 saturated carbocycles. The van der Waals surface area contributed by atoms with Crippen LogP contribution in [0, 0.1) is 11.3 Å². The largest absolute Gasteiger partial charge is 0.492 e. The van der Waals surface area contributed by atoms with E-state index in [2.05, 4.69) is 27.3 Å². The van der Waals surface area contributed by atoms with Crippen molar-refractivity contribution in [1.29, 1.82) is 5.26 Å². The van der Waals surface area contributed by atoms with Crippen LogP contribution in [0.2, 0.25) is 10.2 Å². The quantitative estimate of drug-likeness (QED) is 0.188. The van der Waals surface area contributed by atoms with E-state index in [1.165, 1.54) is 6.08 Å². The molecule has 0 spiro atoms. The van der Waals surface area contributed by atoms with Gasteiger partial charge in [-0.2, -0.15) is 5.26 Å². The van der Waals surface area contributed by atoms with Crippen LogP contribution in [0.5, 0.6) is 5.75 Å². The molecule has 1 saturated heterocycles. The van der Waals surface area contributed by atoms with Gasteiger partial charge in [0.1, 0.15) is 29.2 Å². The van der Waals surface area contributed by atoms with Crippen molar-refractivity contribution < 1.29 is 14.3 Å². The second-order valence-corrected chi connectivity index (χ2v) is 9.89. The zero-order chi connectivity index (χ0) is 27.5. The number of carbonyl (C=O) groups is 1. The third-order valence-corrected chi connectivity index (χ3v) is 6.95. The molecule has 1 amide bonds. The number of aromatic nitrogens is 1. The molecule has 1 fully saturated rings. The first kappa shape index (κ1) is 28.6. The Bertz CT molecular complexity index is 1300. The van der Waals surface area contributed by atoms with Gasteiger partial charge in [-0.15, -0.1) is 0 Å². The van der Waals surface area contributed by atoms with Gasteiger partial charge in [0.2, 0.25) is 0 Å². The maximum Gasteiger partial charge on any atom is 0.262 e. The van der Waals surface area contributed by atoms with Crippen molar-refractivity contribution >= 4 is 35.2 Å². The normalized spacial score (nSPS) is 14.8. The fourth-order valence-electron chi connectivity index (χ4n) is 4.25. The van der Waals surface area contributed by atoms with Gasteiger partial charge in [-0.1, -0.05) is 65.7 Å². The molecule has 0 radical (unpaired) electrons. The van der Waals surface area contributed by atoms with Crippen LogP contribution in [-0.2, 0) is 16.0 Å². The number of nitrogens with zero attached hydrogens (tertiary/aromatic N) is 3. The number of rotatable bonds is 11. The Morgan fingerprint density at radius 3 is 2.56 bits per heavy atom. The minimum atomic E-state index is -0.515. The highest BCUT2D eigenvalue weighted by molar-refractivity contribution is 6.33. The summed E-state index contributed by atoms with van der Waals surface area (Å²) in [7, 11) is 0. The molecule has 9 heteroatoms. The van der Waals surface area contributed by atoms with Gasteiger partial charge < -0.3 is 14.8 Å². The molecule has 1 atom stereocenters. The van der Waals surface area contributed by atoms with Gasteiger partial charge in [0.15, 0.2) is 0 Å². The molecule has 1 N–H and O–H groups in total. The molecule has 7 nitrogen and oxygen atoms in total. The van der Waals surface area contributed by atoms with E-state index >= 15 is 0 Å². The third-order valence-electron chi connectivity index (χ3n) is 6.42. The smallest absolute Gasteiger partial charge is 0.262 e. The lowest BCUT2D eigenvalue weighted by molar-refractivity contribution is -0.117. The number of halogens is 2. The Hall–Kier alpha value is -3.41. The Morgan fingerprint density at radius 1 is 1.10 bits per heavy atom. The molecule has 0 aliphatic carbocycles. The van der Waals surface area contributed by atoms with Crippen LogP contribution in [0.25, 0.3) is 6.08 Å². The number of benzene rings is 2. The van der Waals surface area contributed by atoms with Crippen molar-refractivity contribution in [2.75, 3.05) is 39.5 Å². The van der Waals surface area contributed by atoms with Gasteiger partial charge in [-0.3, -0.25) is 9.69 Å². The van der Waals surface area contributed by atoms with E-state index in [9.17, 15) is 10.1 Å². The molecule has 3 aromatic rings. The van der Waals surface area contributed by atoms with Gasteiger partial charge in [-0.25, -0.2) is 4.98 Å². The molecule has 4 rings (SSSR count). The van der Waals surface area contributed by atoms with E-state index in [1.54, 1.807) is 12.1 Å². The topological polar surface area (TPSA) is 87.5 Å². The summed E-state index contributed by atoms with van der Waals surface area (Å²) in [5, 5.41) is 13.2. The molecular formula is C30H30Cl2N4O3. The average Bonchev–Trinajstić information content (AvgIpc) is 2.97. The van der Waals surface area contributed by atoms with Crippen molar-refractivity contribution in [3.8, 4) is 11.8 Å². The number of hydrogen-bond acceptors (Lipinski definition) is 6. The lowest BCUT2D eigenvalue weighted by Gasteiger charge is -2.26. The Balaban J connectivity index is 1.46. The number of aryl methyl sites for hydroxylation is 1. The van der Waals surface area contributed by atoms with Gasteiger partial charge >= 0.3 is 0 Å². The molecule has 39 heavy (non-hydrogen) atoms. The van der Waals surface area contributed by atoms with Crippen LogP contribution < -0.4 is 10.1 Å². The third kappa shape index (κ3) is 8.81. The van der Waals surface area contributed by atoms with Crippen LogP contribution in [0.15, 0.2) is 72.3 Å². The Morgan fingerprint density at radius 2 is 1.85 bits per heavy atom. The first-order chi connectivity index (χ1) is 19.0. The zero-order valence-corrected chi connectivity index (χ0v) is 23.0. The Kier molecular flexibility index (Phi) is 10.8. The summed E-state index contributed by atoms with van der Waals surface area (Å²) in [5.74, 6) is 0.249. The first-order valence-electron chi connectivity index (χ1n) is 12.8. The average molecular weight is 566 g/mol. The SMILES string of the molecule is N#C/C(=C\c1nc(Cl)ccc1Cl)C(=O)NC(CCc1ccccc1)c1ccc(OCCN2CCOCC2)cc1. The van der Waals surface area contributed by atoms with E-state index < -0.39 is 5.91 Å². The summed E-state index contributed by atoms with van der Waals surface area (Å²) in [5.41, 5.74) is 2.22. The Labute approximate surface area is 239 Å². The van der Waals surface area contributed by atoms with E-state index in [0.29, 0.717) is 18.1 Å². The molecule has 1 aliphatic rings. The van der Waals surface area contributed by atoms with Crippen molar-refractivity contribution in [3.05, 3.63) is 99.3 Å². The number of morpholine rings is 1. The minimum absolute atomic E-state index is 0.112. The van der Waals surface area contributed by atoms with E-state index in [0.717, 1.165) is 56.1 Å². The standard InChI is InChI=1S/C30H30Cl2N4O3/c31-26-11-13-29(32)34-28(26)20-24(21-33)30(37)35-27(12-6-22-4-2-1-3-5-22)23-7-9-25(10-8-23)39-19-16-36-14-17-38-18-15-36/h1-5,7-11,13,20,27H,6,12,14-19H2,(H,35,37)/b24-20+. The monoisotopic (exact) mass is 564 g/mol. The molecule has 2 heterocycles. The maximum absolute atomic E-state index is 13.2. The summed E-state index contributed by atoms with van der Waals surface area (Å²) >= 11 is 12.2. The van der Waals surface area contributed by atoms with Crippen LogP contribution in [0.1, 0.15) is 29.3 Å². The second-order valence-electron chi connectivity index (χ2n) is 9.09. The number of hydrogen-bond donors (Lipinski definition) is 1. The van der Waals surface area contributed by atoms with E-state index in [1.807, 2.05) is 48.5 Å². The number of ether oxygens (including phenoxy) is 2. The van der Waals surface area contributed by atoms with E-state index in [-0.39, 0.29) is 22.5 Å². The number of pyridine rings is 1. The van der Waals surface area contributed by atoms with Crippen LogP contribution in [0.3, 0.4) is 0 Å². The predicted molar refractivity (Wildman–Crippen MR) is 153 cm³/mol. The number of amides is 1. The molecule has 2 aromatic carbocycles. The molecule has 1 unspecified atom stereocenters. The lowest BCUT2D eigenvalue weighted by Crippen LogP contribution is -2.38. The number of nitrogens with one attached hydrogen (secondary N) is 1. The summed E-state index contributed by atoms with van der Waals surface area (Å²) in [4.78, 5) is 19.6. The van der Waals surface area contributed by atoms with Crippen LogP contribution in [-0.4, -0.2) is 55.2 Å². The first-order valence-corrected chi connectivity index (χ1v) is 13.6. The maximum atomic E-state index is 13.2. The molecular weight excluding hydrogens is 535 g/mol. The highest BCUT2D eigenvalue weighted by Crippen LogP contribution is 2.24. The fourth-order valence-corrected chi connectivity index (χ4v) is 4.56. The zero-order valence-electron chi connectivity index (χ0n) is 21.5. The van der Waals surface area contributed by atoms with Crippen molar-refractivity contribution in [2.24, 2.45) is 0 Å².